The molecule has 3 heterocycles. The zero-order chi connectivity index (χ0) is 13.2. The number of fused-ring (bicyclic) bond motifs is 1. The number of carbonyl (C=O) groups is 2. The summed E-state index contributed by atoms with van der Waals surface area (Å²) in [7, 11) is 0. The van der Waals surface area contributed by atoms with Crippen LogP contribution in [0.4, 0.5) is 0 Å². The molecule has 3 fully saturated rings. The predicted octanol–water partition coefficient (Wildman–Crippen LogP) is -0.0227. The lowest BCUT2D eigenvalue weighted by Gasteiger charge is -2.24. The van der Waals surface area contributed by atoms with E-state index in [-0.39, 0.29) is 18.4 Å². The van der Waals surface area contributed by atoms with Crippen LogP contribution in [0.3, 0.4) is 0 Å². The van der Waals surface area contributed by atoms with Gasteiger partial charge in [0.15, 0.2) is 0 Å². The van der Waals surface area contributed by atoms with E-state index in [4.69, 9.17) is 0 Å². The molecule has 3 rings (SSSR count). The normalized spacial score (nSPS) is 31.5. The van der Waals surface area contributed by atoms with Gasteiger partial charge in [0, 0.05) is 13.1 Å². The number of likely N-dealkylation sites (tertiary alicyclic amines) is 1. The van der Waals surface area contributed by atoms with E-state index in [1.807, 2.05) is 4.90 Å². The molecule has 0 unspecified atom stereocenters. The largest absolute Gasteiger partial charge is 0.341 e. The number of amides is 2. The van der Waals surface area contributed by atoms with Gasteiger partial charge in [0.25, 0.3) is 0 Å². The van der Waals surface area contributed by atoms with E-state index in [0.29, 0.717) is 11.6 Å². The van der Waals surface area contributed by atoms with Crippen LogP contribution in [-0.2, 0) is 9.59 Å². The van der Waals surface area contributed by atoms with Gasteiger partial charge in [0.1, 0.15) is 6.54 Å². The lowest BCUT2D eigenvalue weighted by atomic mass is 9.92. The van der Waals surface area contributed by atoms with Crippen LogP contribution < -0.4 is 5.32 Å². The minimum atomic E-state index is 0.106. The third kappa shape index (κ3) is 2.89. The number of hydrogen-bond donors (Lipinski definition) is 1. The lowest BCUT2D eigenvalue weighted by Crippen LogP contribution is -2.41. The molecule has 0 aliphatic carbocycles. The van der Waals surface area contributed by atoms with Crippen LogP contribution in [0.1, 0.15) is 12.8 Å². The highest BCUT2D eigenvalue weighted by atomic mass is 32.2. The predicted molar refractivity (Wildman–Crippen MR) is 74.7 cm³/mol. The highest BCUT2D eigenvalue weighted by Gasteiger charge is 2.32. The lowest BCUT2D eigenvalue weighted by molar-refractivity contribution is -0.137. The zero-order valence-electron chi connectivity index (χ0n) is 11.1. The molecular formula is C13H21N3O2S. The highest BCUT2D eigenvalue weighted by Crippen LogP contribution is 2.27. The number of hydrogen-bond acceptors (Lipinski definition) is 4. The molecule has 19 heavy (non-hydrogen) atoms. The Bertz CT molecular complexity index is 363. The summed E-state index contributed by atoms with van der Waals surface area (Å²) in [5.74, 6) is 2.91. The Kier molecular flexibility index (Phi) is 3.98. The molecule has 5 nitrogen and oxygen atoms in total. The first-order valence-electron chi connectivity index (χ1n) is 7.08. The Morgan fingerprint density at radius 2 is 1.95 bits per heavy atom. The fourth-order valence-corrected chi connectivity index (χ4v) is 4.18. The van der Waals surface area contributed by atoms with Crippen LogP contribution in [0.15, 0.2) is 0 Å². The summed E-state index contributed by atoms with van der Waals surface area (Å²) in [4.78, 5) is 27.5. The summed E-state index contributed by atoms with van der Waals surface area (Å²) in [6.45, 7) is 4.20. The number of thioether (sulfide) groups is 1. The van der Waals surface area contributed by atoms with Gasteiger partial charge in [-0.1, -0.05) is 0 Å². The van der Waals surface area contributed by atoms with E-state index in [0.717, 1.165) is 50.9 Å². The van der Waals surface area contributed by atoms with E-state index in [2.05, 4.69) is 5.32 Å². The smallest absolute Gasteiger partial charge is 0.242 e. The molecule has 0 bridgehead atoms. The maximum atomic E-state index is 12.3. The number of rotatable bonds is 2. The first-order valence-corrected chi connectivity index (χ1v) is 8.23. The van der Waals surface area contributed by atoms with Crippen molar-refractivity contribution in [1.29, 1.82) is 0 Å². The van der Waals surface area contributed by atoms with Gasteiger partial charge in [0.2, 0.25) is 11.8 Å². The van der Waals surface area contributed by atoms with Crippen molar-refractivity contribution in [3.63, 3.8) is 0 Å². The van der Waals surface area contributed by atoms with E-state index in [9.17, 15) is 9.59 Å². The Labute approximate surface area is 118 Å². The maximum absolute atomic E-state index is 12.3. The molecular weight excluding hydrogens is 262 g/mol. The van der Waals surface area contributed by atoms with Crippen molar-refractivity contribution < 1.29 is 9.59 Å². The molecule has 0 saturated carbocycles. The summed E-state index contributed by atoms with van der Waals surface area (Å²) in [5, 5.41) is 3.44. The summed E-state index contributed by atoms with van der Waals surface area (Å²) in [5.41, 5.74) is 0. The molecule has 3 aliphatic heterocycles. The second-order valence-corrected chi connectivity index (χ2v) is 6.66. The second-order valence-electron chi connectivity index (χ2n) is 5.71. The molecule has 1 N–H and O–H groups in total. The Morgan fingerprint density at radius 1 is 1.26 bits per heavy atom. The highest BCUT2D eigenvalue weighted by molar-refractivity contribution is 8.00. The molecule has 106 valence electrons. The molecule has 2 atom stereocenters. The van der Waals surface area contributed by atoms with E-state index < -0.39 is 0 Å². The third-order valence-corrected chi connectivity index (χ3v) is 5.47. The van der Waals surface area contributed by atoms with Gasteiger partial charge >= 0.3 is 0 Å². The summed E-state index contributed by atoms with van der Waals surface area (Å²) in [6.07, 6.45) is 2.21. The van der Waals surface area contributed by atoms with E-state index in [1.165, 1.54) is 0 Å². The third-order valence-electron chi connectivity index (χ3n) is 4.52. The van der Waals surface area contributed by atoms with Crippen molar-refractivity contribution in [2.24, 2.45) is 11.8 Å². The molecule has 0 aromatic heterocycles. The first kappa shape index (κ1) is 13.2. The Hall–Kier alpha value is -0.750. The molecule has 3 aliphatic rings. The van der Waals surface area contributed by atoms with Gasteiger partial charge < -0.3 is 15.1 Å². The zero-order valence-corrected chi connectivity index (χ0v) is 12.0. The fourth-order valence-electron chi connectivity index (χ4n) is 3.27. The standard InChI is InChI=1S/C13H21N3O2S/c17-12(7-16-9-19-8-13(16)18)15-3-1-10-5-14-6-11(10)2-4-15/h10-11,14H,1-9H2/t10-,11+. The minimum absolute atomic E-state index is 0.106. The summed E-state index contributed by atoms with van der Waals surface area (Å²) >= 11 is 1.59. The van der Waals surface area contributed by atoms with Gasteiger partial charge in [-0.05, 0) is 37.8 Å². The first-order chi connectivity index (χ1) is 9.24. The van der Waals surface area contributed by atoms with Gasteiger partial charge in [-0.15, -0.1) is 11.8 Å². The monoisotopic (exact) mass is 283 g/mol. The van der Waals surface area contributed by atoms with Crippen LogP contribution >= 0.6 is 11.8 Å². The van der Waals surface area contributed by atoms with Crippen molar-refractivity contribution in [3.8, 4) is 0 Å². The van der Waals surface area contributed by atoms with Crippen LogP contribution in [0.25, 0.3) is 0 Å². The number of carbonyl (C=O) groups excluding carboxylic acids is 2. The van der Waals surface area contributed by atoms with Gasteiger partial charge in [-0.3, -0.25) is 9.59 Å². The van der Waals surface area contributed by atoms with Crippen molar-refractivity contribution >= 4 is 23.6 Å². The molecule has 0 aromatic carbocycles. The van der Waals surface area contributed by atoms with Crippen LogP contribution in [0.5, 0.6) is 0 Å². The van der Waals surface area contributed by atoms with Crippen molar-refractivity contribution in [3.05, 3.63) is 0 Å². The molecule has 2 amide bonds. The van der Waals surface area contributed by atoms with E-state index >= 15 is 0 Å². The molecule has 0 radical (unpaired) electrons. The number of nitrogens with one attached hydrogen (secondary N) is 1. The van der Waals surface area contributed by atoms with E-state index in [1.54, 1.807) is 16.7 Å². The van der Waals surface area contributed by atoms with Crippen LogP contribution in [0.2, 0.25) is 0 Å². The molecule has 0 spiro atoms. The van der Waals surface area contributed by atoms with Crippen molar-refractivity contribution in [2.75, 3.05) is 44.4 Å². The second kappa shape index (κ2) is 5.71. The average molecular weight is 283 g/mol. The average Bonchev–Trinajstić information content (AvgIpc) is 2.95. The Morgan fingerprint density at radius 3 is 2.53 bits per heavy atom. The minimum Gasteiger partial charge on any atom is -0.341 e. The SMILES string of the molecule is O=C(CN1CSCC1=O)N1CC[C@@H]2CNC[C@@H]2CC1. The maximum Gasteiger partial charge on any atom is 0.242 e. The molecule has 3 saturated heterocycles. The van der Waals surface area contributed by atoms with Gasteiger partial charge in [-0.25, -0.2) is 0 Å². The summed E-state index contributed by atoms with van der Waals surface area (Å²) in [6, 6.07) is 0. The topological polar surface area (TPSA) is 52.7 Å². The number of nitrogens with zero attached hydrogens (tertiary/aromatic N) is 2. The van der Waals surface area contributed by atoms with Crippen molar-refractivity contribution in [1.82, 2.24) is 15.1 Å². The Balaban J connectivity index is 1.54. The van der Waals surface area contributed by atoms with Crippen LogP contribution in [0, 0.1) is 11.8 Å². The van der Waals surface area contributed by atoms with Crippen molar-refractivity contribution in [2.45, 2.75) is 12.8 Å². The van der Waals surface area contributed by atoms with Crippen LogP contribution in [-0.4, -0.2) is 66.0 Å². The van der Waals surface area contributed by atoms with Gasteiger partial charge in [-0.2, -0.15) is 0 Å². The molecule has 6 heteroatoms. The van der Waals surface area contributed by atoms with Gasteiger partial charge in [0.05, 0.1) is 11.6 Å². The summed E-state index contributed by atoms with van der Waals surface area (Å²) < 4.78 is 0. The quantitative estimate of drug-likeness (QED) is 0.774. The molecule has 0 aromatic rings. The fraction of sp³-hybridized carbons (Fsp3) is 0.846.